The minimum atomic E-state index is -0.553. The quantitative estimate of drug-likeness (QED) is 0.526. The Kier molecular flexibility index (Phi) is 14.6. The van der Waals surface area contributed by atoms with Gasteiger partial charge in [-0.2, -0.15) is 0 Å². The largest absolute Gasteiger partial charge is 0.394 e. The molecule has 0 aliphatic heterocycles. The Bertz CT molecular complexity index is 50.9. The number of hydrogen-bond acceptors (Lipinski definition) is 3. The van der Waals surface area contributed by atoms with E-state index in [1.165, 1.54) is 0 Å². The van der Waals surface area contributed by atoms with Crippen LogP contribution in [-0.4, -0.2) is 36.5 Å². The summed E-state index contributed by atoms with van der Waals surface area (Å²) in [5.41, 5.74) is 0. The van der Waals surface area contributed by atoms with Crippen molar-refractivity contribution in [1.82, 2.24) is 5.32 Å². The van der Waals surface area contributed by atoms with Gasteiger partial charge in [0.1, 0.15) is 0 Å². The lowest BCUT2D eigenvalue weighted by atomic mass is 10.3. The van der Waals surface area contributed by atoms with Crippen LogP contribution >= 0.6 is 0 Å². The number of nitrogens with one attached hydrogen (secondary N) is 1. The fraction of sp³-hybridized carbons (Fsp3) is 1.00. The maximum Gasteiger partial charge on any atom is 0.0783 e. The van der Waals surface area contributed by atoms with Gasteiger partial charge in [-0.15, -0.1) is 0 Å². The van der Waals surface area contributed by atoms with Crippen molar-refractivity contribution in [3.63, 3.8) is 0 Å². The zero-order chi connectivity index (χ0) is 8.41. The van der Waals surface area contributed by atoms with Crippen LogP contribution in [0, 0.1) is 0 Å². The number of aliphatic hydroxyl groups excluding tert-OH is 2. The van der Waals surface area contributed by atoms with E-state index in [1.807, 2.05) is 20.9 Å². The molecule has 3 nitrogen and oxygen atoms in total. The summed E-state index contributed by atoms with van der Waals surface area (Å²) in [5.74, 6) is 0. The normalized spacial score (nSPS) is 11.7. The Hall–Kier alpha value is -0.120. The summed E-state index contributed by atoms with van der Waals surface area (Å²) in [6.07, 6.45) is 0.0648. The maximum atomic E-state index is 8.70. The lowest BCUT2D eigenvalue weighted by molar-refractivity contribution is 0.0888. The van der Waals surface area contributed by atoms with E-state index in [0.717, 1.165) is 6.54 Å². The summed E-state index contributed by atoms with van der Waals surface area (Å²) in [7, 11) is 1.81. The molecule has 0 saturated heterocycles. The third-order valence-corrected chi connectivity index (χ3v) is 0.938. The predicted octanol–water partition coefficient (Wildman–Crippen LogP) is -0.0247. The topological polar surface area (TPSA) is 52.5 Å². The first kappa shape index (κ1) is 12.5. The van der Waals surface area contributed by atoms with E-state index in [0.29, 0.717) is 6.42 Å². The van der Waals surface area contributed by atoms with E-state index in [9.17, 15) is 0 Å². The highest BCUT2D eigenvalue weighted by atomic mass is 16.3. The van der Waals surface area contributed by atoms with Gasteiger partial charge in [-0.3, -0.25) is 0 Å². The van der Waals surface area contributed by atoms with Crippen molar-refractivity contribution < 1.29 is 10.2 Å². The summed E-state index contributed by atoms with van der Waals surface area (Å²) in [4.78, 5) is 0. The molecule has 1 unspecified atom stereocenters. The van der Waals surface area contributed by atoms with Crippen LogP contribution < -0.4 is 5.32 Å². The molecule has 64 valence electrons. The molecule has 0 spiro atoms. The van der Waals surface area contributed by atoms with Crippen molar-refractivity contribution in [3.05, 3.63) is 0 Å². The minimum Gasteiger partial charge on any atom is -0.394 e. The standard InChI is InChI=1S/C5H13NO2.C2H6/c1-6-3-2-5(8)4-7;1-2/h5-8H,2-4H2,1H3;1-2H3. The zero-order valence-corrected chi connectivity index (χ0v) is 7.09. The molecule has 0 aliphatic carbocycles. The smallest absolute Gasteiger partial charge is 0.0783 e. The average molecular weight is 149 g/mol. The number of rotatable bonds is 4. The van der Waals surface area contributed by atoms with Crippen molar-refractivity contribution in [2.45, 2.75) is 26.4 Å². The summed E-state index contributed by atoms with van der Waals surface area (Å²) in [6, 6.07) is 0. The monoisotopic (exact) mass is 149 g/mol. The van der Waals surface area contributed by atoms with Crippen LogP contribution in [0.2, 0.25) is 0 Å². The first-order valence-electron chi connectivity index (χ1n) is 3.74. The van der Waals surface area contributed by atoms with Crippen molar-refractivity contribution in [2.24, 2.45) is 0 Å². The van der Waals surface area contributed by atoms with Crippen molar-refractivity contribution in [1.29, 1.82) is 0 Å². The van der Waals surface area contributed by atoms with Gasteiger partial charge < -0.3 is 15.5 Å². The summed E-state index contributed by atoms with van der Waals surface area (Å²) in [6.45, 7) is 4.61. The number of aliphatic hydroxyl groups is 2. The van der Waals surface area contributed by atoms with Crippen molar-refractivity contribution in [3.8, 4) is 0 Å². The molecule has 0 amide bonds. The SMILES string of the molecule is CC.CNCCC(O)CO. The van der Waals surface area contributed by atoms with Crippen molar-refractivity contribution >= 4 is 0 Å². The predicted molar refractivity (Wildman–Crippen MR) is 43.0 cm³/mol. The van der Waals surface area contributed by atoms with E-state index in [2.05, 4.69) is 5.32 Å². The molecule has 1 atom stereocenters. The molecule has 0 aromatic heterocycles. The fourth-order valence-corrected chi connectivity index (χ4v) is 0.402. The third kappa shape index (κ3) is 10.8. The van der Waals surface area contributed by atoms with Crippen molar-refractivity contribution in [2.75, 3.05) is 20.2 Å². The Morgan fingerprint density at radius 2 is 1.90 bits per heavy atom. The van der Waals surface area contributed by atoms with Crippen LogP contribution in [0.5, 0.6) is 0 Å². The molecular formula is C7H19NO2. The van der Waals surface area contributed by atoms with Gasteiger partial charge >= 0.3 is 0 Å². The first-order valence-corrected chi connectivity index (χ1v) is 3.74. The van der Waals surface area contributed by atoms with Gasteiger partial charge in [0, 0.05) is 0 Å². The van der Waals surface area contributed by atoms with Crippen LogP contribution in [0.4, 0.5) is 0 Å². The average Bonchev–Trinajstić information content (AvgIpc) is 2.04. The molecule has 0 heterocycles. The number of hydrogen-bond donors (Lipinski definition) is 3. The van der Waals surface area contributed by atoms with E-state index >= 15 is 0 Å². The van der Waals surface area contributed by atoms with E-state index < -0.39 is 6.10 Å². The lowest BCUT2D eigenvalue weighted by Crippen LogP contribution is -2.19. The summed E-state index contributed by atoms with van der Waals surface area (Å²) < 4.78 is 0. The fourth-order valence-electron chi connectivity index (χ4n) is 0.402. The van der Waals surface area contributed by atoms with Gasteiger partial charge in [-0.1, -0.05) is 13.8 Å². The molecule has 0 bridgehead atoms. The van der Waals surface area contributed by atoms with E-state index in [4.69, 9.17) is 10.2 Å². The van der Waals surface area contributed by atoms with E-state index in [1.54, 1.807) is 0 Å². The summed E-state index contributed by atoms with van der Waals surface area (Å²) >= 11 is 0. The van der Waals surface area contributed by atoms with Crippen LogP contribution in [0.1, 0.15) is 20.3 Å². The molecule has 0 rings (SSSR count). The Morgan fingerprint density at radius 3 is 2.20 bits per heavy atom. The van der Waals surface area contributed by atoms with Crippen LogP contribution in [-0.2, 0) is 0 Å². The molecule has 0 fully saturated rings. The molecule has 0 saturated carbocycles. The molecule has 3 N–H and O–H groups in total. The van der Waals surface area contributed by atoms with Gasteiger partial charge in [0.2, 0.25) is 0 Å². The highest BCUT2D eigenvalue weighted by molar-refractivity contribution is 4.52. The van der Waals surface area contributed by atoms with Gasteiger partial charge in [-0.05, 0) is 20.0 Å². The molecule has 3 heteroatoms. The Labute approximate surface area is 63.1 Å². The first-order chi connectivity index (χ1) is 4.81. The highest BCUT2D eigenvalue weighted by Crippen LogP contribution is 1.85. The zero-order valence-electron chi connectivity index (χ0n) is 7.09. The third-order valence-electron chi connectivity index (χ3n) is 0.938. The Morgan fingerprint density at radius 1 is 1.40 bits per heavy atom. The molecular weight excluding hydrogens is 130 g/mol. The second kappa shape index (κ2) is 11.6. The molecule has 0 radical (unpaired) electrons. The molecule has 10 heavy (non-hydrogen) atoms. The molecule has 0 aromatic carbocycles. The highest BCUT2D eigenvalue weighted by Gasteiger charge is 1.97. The van der Waals surface area contributed by atoms with Gasteiger partial charge in [-0.25, -0.2) is 0 Å². The summed E-state index contributed by atoms with van der Waals surface area (Å²) in [5, 5.41) is 19.8. The van der Waals surface area contributed by atoms with E-state index in [-0.39, 0.29) is 6.61 Å². The van der Waals surface area contributed by atoms with Crippen LogP contribution in [0.15, 0.2) is 0 Å². The van der Waals surface area contributed by atoms with Gasteiger partial charge in [0.15, 0.2) is 0 Å². The maximum absolute atomic E-state index is 8.70. The molecule has 0 aliphatic rings. The van der Waals surface area contributed by atoms with Crippen LogP contribution in [0.3, 0.4) is 0 Å². The Balaban J connectivity index is 0. The van der Waals surface area contributed by atoms with Crippen LogP contribution in [0.25, 0.3) is 0 Å². The van der Waals surface area contributed by atoms with Gasteiger partial charge in [0.05, 0.1) is 12.7 Å². The minimum absolute atomic E-state index is 0.137. The van der Waals surface area contributed by atoms with Gasteiger partial charge in [0.25, 0.3) is 0 Å². The lowest BCUT2D eigenvalue weighted by Gasteiger charge is -2.03. The second-order valence-electron chi connectivity index (χ2n) is 1.73. The second-order valence-corrected chi connectivity index (χ2v) is 1.73. The molecule has 0 aromatic rings.